The maximum atomic E-state index is 13.1. The van der Waals surface area contributed by atoms with Gasteiger partial charge in [-0.25, -0.2) is 4.79 Å². The van der Waals surface area contributed by atoms with Crippen LogP contribution in [0, 0.1) is 13.8 Å². The number of amides is 1. The summed E-state index contributed by atoms with van der Waals surface area (Å²) in [5.41, 5.74) is 2.22. The van der Waals surface area contributed by atoms with Gasteiger partial charge in [-0.1, -0.05) is 0 Å². The van der Waals surface area contributed by atoms with Crippen LogP contribution in [-0.2, 0) is 4.74 Å². The van der Waals surface area contributed by atoms with Crippen molar-refractivity contribution in [1.82, 2.24) is 9.88 Å². The molecule has 0 unspecified atom stereocenters. The van der Waals surface area contributed by atoms with E-state index in [4.69, 9.17) is 9.47 Å². The molecule has 150 valence electrons. The van der Waals surface area contributed by atoms with E-state index in [1.54, 1.807) is 66.1 Å². The molecule has 0 saturated heterocycles. The third kappa shape index (κ3) is 4.08. The molecular weight excluding hydrogens is 360 g/mol. The number of aromatic nitrogens is 1. The van der Waals surface area contributed by atoms with E-state index in [2.05, 4.69) is 4.98 Å². The molecule has 0 spiro atoms. The lowest BCUT2D eigenvalue weighted by Crippen LogP contribution is -2.40. The number of rotatable bonds is 7. The summed E-state index contributed by atoms with van der Waals surface area (Å²) in [6.07, 6.45) is 0. The Morgan fingerprint density at radius 2 is 1.75 bits per heavy atom. The normalized spacial score (nSPS) is 11.6. The molecule has 1 heterocycles. The van der Waals surface area contributed by atoms with Crippen LogP contribution >= 0.6 is 0 Å². The Balaban J connectivity index is 2.25. The summed E-state index contributed by atoms with van der Waals surface area (Å²) >= 11 is 0. The number of ether oxygens (including phenoxy) is 2. The topological polar surface area (TPSA) is 88.7 Å². The van der Waals surface area contributed by atoms with Gasteiger partial charge in [0.15, 0.2) is 5.78 Å². The van der Waals surface area contributed by atoms with Gasteiger partial charge >= 0.3 is 5.97 Å². The first-order valence-electron chi connectivity index (χ1n) is 9.04. The second-order valence-electron chi connectivity index (χ2n) is 6.53. The molecule has 1 atom stereocenters. The number of methoxy groups -OCH3 is 1. The zero-order valence-corrected chi connectivity index (χ0v) is 17.1. The average molecular weight is 386 g/mol. The number of nitrogens with zero attached hydrogens (tertiary/aromatic N) is 1. The Hall–Kier alpha value is -3.09. The van der Waals surface area contributed by atoms with E-state index in [0.29, 0.717) is 28.1 Å². The Kier molecular flexibility index (Phi) is 6.62. The second kappa shape index (κ2) is 8.73. The molecule has 0 bridgehead atoms. The van der Waals surface area contributed by atoms with Gasteiger partial charge in [-0.3, -0.25) is 9.59 Å². The quantitative estimate of drug-likeness (QED) is 0.583. The van der Waals surface area contributed by atoms with E-state index >= 15 is 0 Å². The van der Waals surface area contributed by atoms with Gasteiger partial charge in [0.05, 0.1) is 19.8 Å². The Bertz CT molecular complexity index is 883. The number of nitrogens with one attached hydrogen (secondary N) is 1. The number of hydrogen-bond donors (Lipinski definition) is 1. The summed E-state index contributed by atoms with van der Waals surface area (Å²) in [7, 11) is 3.13. The molecule has 2 aromatic rings. The molecule has 1 amide bonds. The maximum Gasteiger partial charge on any atom is 0.355 e. The van der Waals surface area contributed by atoms with E-state index in [1.807, 2.05) is 0 Å². The number of H-pyrrole nitrogens is 1. The molecular formula is C21H26N2O5. The van der Waals surface area contributed by atoms with Crippen molar-refractivity contribution >= 4 is 17.7 Å². The molecule has 2 rings (SSSR count). The van der Waals surface area contributed by atoms with Crippen LogP contribution < -0.4 is 4.74 Å². The van der Waals surface area contributed by atoms with Gasteiger partial charge in [0, 0.05) is 23.9 Å². The molecule has 0 aliphatic rings. The van der Waals surface area contributed by atoms with E-state index in [-0.39, 0.29) is 24.0 Å². The number of benzene rings is 1. The van der Waals surface area contributed by atoms with Gasteiger partial charge in [0.25, 0.3) is 5.91 Å². The number of aromatic amines is 1. The number of carbonyl (C=O) groups excluding carboxylic acids is 3. The van der Waals surface area contributed by atoms with Crippen molar-refractivity contribution in [2.24, 2.45) is 0 Å². The van der Waals surface area contributed by atoms with Crippen LogP contribution in [0.5, 0.6) is 5.75 Å². The van der Waals surface area contributed by atoms with Crippen LogP contribution in [-0.4, -0.2) is 54.3 Å². The fraction of sp³-hybridized carbons (Fsp3) is 0.381. The van der Waals surface area contributed by atoms with E-state index in [9.17, 15) is 14.4 Å². The molecule has 0 aliphatic carbocycles. The predicted octanol–water partition coefficient (Wildman–Crippen LogP) is 3.16. The summed E-state index contributed by atoms with van der Waals surface area (Å²) in [5, 5.41) is 0. The predicted molar refractivity (Wildman–Crippen MR) is 105 cm³/mol. The molecule has 7 heteroatoms. The summed E-state index contributed by atoms with van der Waals surface area (Å²) in [5.74, 6) is -0.378. The molecule has 1 N–H and O–H groups in total. The smallest absolute Gasteiger partial charge is 0.355 e. The molecule has 7 nitrogen and oxygen atoms in total. The minimum Gasteiger partial charge on any atom is -0.497 e. The fourth-order valence-corrected chi connectivity index (χ4v) is 3.02. The Morgan fingerprint density at radius 1 is 1.14 bits per heavy atom. The lowest BCUT2D eigenvalue weighted by Gasteiger charge is -2.24. The summed E-state index contributed by atoms with van der Waals surface area (Å²) < 4.78 is 10.1. The van der Waals surface area contributed by atoms with Gasteiger partial charge in [-0.2, -0.15) is 0 Å². The maximum absolute atomic E-state index is 13.1. The van der Waals surface area contributed by atoms with Gasteiger partial charge in [0.1, 0.15) is 11.4 Å². The van der Waals surface area contributed by atoms with Crippen molar-refractivity contribution in [3.05, 3.63) is 52.3 Å². The second-order valence-corrected chi connectivity index (χ2v) is 6.53. The molecule has 0 fully saturated rings. The van der Waals surface area contributed by atoms with Crippen molar-refractivity contribution in [1.29, 1.82) is 0 Å². The number of hydrogen-bond acceptors (Lipinski definition) is 5. The number of carbonyl (C=O) groups is 3. The van der Waals surface area contributed by atoms with Crippen LogP contribution in [0.15, 0.2) is 24.3 Å². The zero-order chi connectivity index (χ0) is 21.0. The van der Waals surface area contributed by atoms with Crippen LogP contribution in [0.4, 0.5) is 0 Å². The fourth-order valence-electron chi connectivity index (χ4n) is 3.02. The van der Waals surface area contributed by atoms with Crippen LogP contribution in [0.3, 0.4) is 0 Å². The highest BCUT2D eigenvalue weighted by molar-refractivity contribution is 6.07. The standard InChI is InChI=1S/C21H26N2O5/c1-7-28-21(26)18-12(2)17(13(3)22-18)19(24)14(4)23(5)20(25)15-8-10-16(27-6)11-9-15/h8-11,14,22H,7H2,1-6H3/t14-/m0/s1. The zero-order valence-electron chi connectivity index (χ0n) is 17.1. The van der Waals surface area contributed by atoms with Crippen molar-refractivity contribution < 1.29 is 23.9 Å². The molecule has 0 aliphatic heterocycles. The minimum atomic E-state index is -0.710. The van der Waals surface area contributed by atoms with Gasteiger partial charge in [-0.05, 0) is 57.5 Å². The SMILES string of the molecule is CCOC(=O)c1[nH]c(C)c(C(=O)[C@H](C)N(C)C(=O)c2ccc(OC)cc2)c1C. The highest BCUT2D eigenvalue weighted by atomic mass is 16.5. The summed E-state index contributed by atoms with van der Waals surface area (Å²) in [6, 6.07) is 5.98. The van der Waals surface area contributed by atoms with Gasteiger partial charge in [-0.15, -0.1) is 0 Å². The molecule has 1 aromatic heterocycles. The highest BCUT2D eigenvalue weighted by Crippen LogP contribution is 2.22. The molecule has 0 radical (unpaired) electrons. The van der Waals surface area contributed by atoms with Crippen molar-refractivity contribution in [2.45, 2.75) is 33.7 Å². The van der Waals surface area contributed by atoms with Crippen LogP contribution in [0.25, 0.3) is 0 Å². The lowest BCUT2D eigenvalue weighted by molar-refractivity contribution is 0.0519. The van der Waals surface area contributed by atoms with Crippen LogP contribution in [0.2, 0.25) is 0 Å². The third-order valence-corrected chi connectivity index (χ3v) is 4.78. The molecule has 28 heavy (non-hydrogen) atoms. The first-order valence-corrected chi connectivity index (χ1v) is 9.04. The third-order valence-electron chi connectivity index (χ3n) is 4.78. The van der Waals surface area contributed by atoms with Gasteiger partial charge < -0.3 is 19.4 Å². The number of ketones is 1. The first kappa shape index (κ1) is 21.2. The number of esters is 1. The minimum absolute atomic E-state index is 0.244. The largest absolute Gasteiger partial charge is 0.497 e. The summed E-state index contributed by atoms with van der Waals surface area (Å²) in [4.78, 5) is 42.2. The van der Waals surface area contributed by atoms with Crippen molar-refractivity contribution in [2.75, 3.05) is 20.8 Å². The van der Waals surface area contributed by atoms with Crippen molar-refractivity contribution in [3.63, 3.8) is 0 Å². The first-order chi connectivity index (χ1) is 13.2. The average Bonchev–Trinajstić information content (AvgIpc) is 3.00. The monoisotopic (exact) mass is 386 g/mol. The van der Waals surface area contributed by atoms with Gasteiger partial charge in [0.2, 0.25) is 0 Å². The number of likely N-dealkylation sites (N-methyl/N-ethyl adjacent to an activating group) is 1. The highest BCUT2D eigenvalue weighted by Gasteiger charge is 2.29. The molecule has 0 saturated carbocycles. The summed E-state index contributed by atoms with van der Waals surface area (Å²) in [6.45, 7) is 7.05. The van der Waals surface area contributed by atoms with E-state index in [1.165, 1.54) is 4.90 Å². The number of Topliss-reactive ketones (excluding diaryl/α,β-unsaturated/α-hetero) is 1. The van der Waals surface area contributed by atoms with Crippen LogP contribution in [0.1, 0.15) is 56.3 Å². The Morgan fingerprint density at radius 3 is 2.29 bits per heavy atom. The van der Waals surface area contributed by atoms with E-state index < -0.39 is 12.0 Å². The Labute approximate surface area is 164 Å². The molecule has 1 aromatic carbocycles. The van der Waals surface area contributed by atoms with Crippen molar-refractivity contribution in [3.8, 4) is 5.75 Å². The van der Waals surface area contributed by atoms with E-state index in [0.717, 1.165) is 0 Å². The lowest BCUT2D eigenvalue weighted by atomic mass is 9.99. The number of aryl methyl sites for hydroxylation is 1.